The monoisotopic (exact) mass is 363 g/mol. The van der Waals surface area contributed by atoms with E-state index in [1.165, 1.54) is 14.2 Å². The van der Waals surface area contributed by atoms with Crippen molar-refractivity contribution >= 4 is 17.5 Å². The number of nitrogens with zero attached hydrogens (tertiary/aromatic N) is 1. The molecule has 2 rings (SSSR count). The second-order valence-electron chi connectivity index (χ2n) is 5.36. The normalized spacial score (nSPS) is 10.3. The number of rotatable bonds is 7. The van der Waals surface area contributed by atoms with E-state index in [2.05, 4.69) is 0 Å². The van der Waals surface area contributed by atoms with E-state index in [1.54, 1.807) is 24.1 Å². The van der Waals surface area contributed by atoms with Gasteiger partial charge in [0.1, 0.15) is 5.75 Å². The topological polar surface area (TPSA) is 48.0 Å². The molecule has 1 amide bonds. The van der Waals surface area contributed by atoms with E-state index in [0.29, 0.717) is 35.2 Å². The Morgan fingerprint density at radius 3 is 2.24 bits per heavy atom. The van der Waals surface area contributed by atoms with Crippen molar-refractivity contribution in [3.05, 3.63) is 52.5 Å². The summed E-state index contributed by atoms with van der Waals surface area (Å²) in [6.45, 7) is 2.99. The number of benzene rings is 2. The van der Waals surface area contributed by atoms with Gasteiger partial charge in [-0.2, -0.15) is 0 Å². The maximum Gasteiger partial charge on any atom is 0.254 e. The third kappa shape index (κ3) is 4.37. The van der Waals surface area contributed by atoms with Gasteiger partial charge in [-0.25, -0.2) is 0 Å². The summed E-state index contributed by atoms with van der Waals surface area (Å²) in [5, 5.41) is 0.339. The number of hydrogen-bond acceptors (Lipinski definition) is 4. The minimum absolute atomic E-state index is 0.124. The minimum atomic E-state index is -0.124. The Balaban J connectivity index is 2.25. The van der Waals surface area contributed by atoms with Crippen molar-refractivity contribution in [3.63, 3.8) is 0 Å². The molecule has 0 aliphatic carbocycles. The van der Waals surface area contributed by atoms with E-state index in [9.17, 15) is 4.79 Å². The third-order valence-corrected chi connectivity index (χ3v) is 4.16. The molecule has 2 aromatic carbocycles. The minimum Gasteiger partial charge on any atom is -0.497 e. The van der Waals surface area contributed by atoms with Crippen molar-refractivity contribution in [2.75, 3.05) is 27.9 Å². The first-order valence-electron chi connectivity index (χ1n) is 7.87. The largest absolute Gasteiger partial charge is 0.497 e. The molecule has 0 aliphatic heterocycles. The van der Waals surface area contributed by atoms with E-state index in [1.807, 2.05) is 31.2 Å². The molecule has 2 aromatic rings. The molecular formula is C19H22ClNO4. The van der Waals surface area contributed by atoms with Crippen LogP contribution in [0.25, 0.3) is 0 Å². The Labute approximate surface area is 153 Å². The van der Waals surface area contributed by atoms with Crippen LogP contribution in [0.4, 0.5) is 0 Å². The molecule has 0 fully saturated rings. The molecule has 0 bridgehead atoms. The highest BCUT2D eigenvalue weighted by molar-refractivity contribution is 6.32. The van der Waals surface area contributed by atoms with E-state index in [0.717, 1.165) is 11.3 Å². The van der Waals surface area contributed by atoms with Gasteiger partial charge in [0, 0.05) is 18.7 Å². The molecule has 0 spiro atoms. The number of carbonyl (C=O) groups excluding carboxylic acids is 1. The Kier molecular flexibility index (Phi) is 6.53. The summed E-state index contributed by atoms with van der Waals surface area (Å²) < 4.78 is 15.6. The van der Waals surface area contributed by atoms with Crippen LogP contribution in [0.15, 0.2) is 36.4 Å². The number of carbonyl (C=O) groups is 1. The highest BCUT2D eigenvalue weighted by atomic mass is 35.5. The predicted octanol–water partition coefficient (Wildman–Crippen LogP) is 4.03. The van der Waals surface area contributed by atoms with Crippen molar-refractivity contribution in [2.45, 2.75) is 13.5 Å². The molecule has 0 N–H and O–H groups in total. The zero-order chi connectivity index (χ0) is 18.4. The van der Waals surface area contributed by atoms with Crippen LogP contribution in [0.2, 0.25) is 5.02 Å². The molecule has 25 heavy (non-hydrogen) atoms. The molecule has 0 unspecified atom stereocenters. The standard InChI is InChI=1S/C19H22ClNO4/c1-5-21(12-13-6-8-15(23-2)9-7-13)19(22)14-10-16(20)18(25-4)17(11-14)24-3/h6-11H,5,12H2,1-4H3. The van der Waals surface area contributed by atoms with Gasteiger partial charge in [0.05, 0.1) is 26.4 Å². The predicted molar refractivity (Wildman–Crippen MR) is 98.0 cm³/mol. The number of halogens is 1. The van der Waals surface area contributed by atoms with E-state index < -0.39 is 0 Å². The van der Waals surface area contributed by atoms with Crippen molar-refractivity contribution in [1.29, 1.82) is 0 Å². The van der Waals surface area contributed by atoms with Crippen LogP contribution < -0.4 is 14.2 Å². The van der Waals surface area contributed by atoms with E-state index in [4.69, 9.17) is 25.8 Å². The molecule has 6 heteroatoms. The van der Waals surface area contributed by atoms with Gasteiger partial charge in [0.25, 0.3) is 5.91 Å². The lowest BCUT2D eigenvalue weighted by molar-refractivity contribution is 0.0752. The maximum atomic E-state index is 12.9. The van der Waals surface area contributed by atoms with Crippen molar-refractivity contribution in [2.24, 2.45) is 0 Å². The zero-order valence-corrected chi connectivity index (χ0v) is 15.6. The summed E-state index contributed by atoms with van der Waals surface area (Å²) in [7, 11) is 4.64. The van der Waals surface area contributed by atoms with Crippen LogP contribution in [-0.2, 0) is 6.54 Å². The molecule has 0 radical (unpaired) electrons. The van der Waals surface area contributed by atoms with Gasteiger partial charge < -0.3 is 19.1 Å². The first-order valence-corrected chi connectivity index (χ1v) is 8.25. The smallest absolute Gasteiger partial charge is 0.254 e. The quantitative estimate of drug-likeness (QED) is 0.745. The highest BCUT2D eigenvalue weighted by Gasteiger charge is 2.19. The lowest BCUT2D eigenvalue weighted by Gasteiger charge is -2.22. The zero-order valence-electron chi connectivity index (χ0n) is 14.8. The van der Waals surface area contributed by atoms with Crippen LogP contribution >= 0.6 is 11.6 Å². The van der Waals surface area contributed by atoms with Crippen LogP contribution in [-0.4, -0.2) is 38.7 Å². The molecule has 0 aliphatic rings. The molecule has 134 valence electrons. The molecule has 0 saturated carbocycles. The van der Waals surface area contributed by atoms with Crippen LogP contribution in [0.5, 0.6) is 17.2 Å². The van der Waals surface area contributed by atoms with Gasteiger partial charge >= 0.3 is 0 Å². The lowest BCUT2D eigenvalue weighted by Crippen LogP contribution is -2.30. The van der Waals surface area contributed by atoms with Gasteiger partial charge in [-0.15, -0.1) is 0 Å². The van der Waals surface area contributed by atoms with Gasteiger partial charge in [0.15, 0.2) is 11.5 Å². The molecule has 0 saturated heterocycles. The summed E-state index contributed by atoms with van der Waals surface area (Å²) in [4.78, 5) is 14.6. The van der Waals surface area contributed by atoms with Crippen molar-refractivity contribution in [1.82, 2.24) is 4.90 Å². The summed E-state index contributed by atoms with van der Waals surface area (Å²) in [6, 6.07) is 10.9. The van der Waals surface area contributed by atoms with Crippen LogP contribution in [0.3, 0.4) is 0 Å². The Morgan fingerprint density at radius 1 is 1.04 bits per heavy atom. The SMILES string of the molecule is CCN(Cc1ccc(OC)cc1)C(=O)c1cc(Cl)c(OC)c(OC)c1. The summed E-state index contributed by atoms with van der Waals surface area (Å²) in [6.07, 6.45) is 0. The summed E-state index contributed by atoms with van der Waals surface area (Å²) >= 11 is 6.21. The fourth-order valence-electron chi connectivity index (χ4n) is 2.50. The first kappa shape index (κ1) is 18.9. The third-order valence-electron chi connectivity index (χ3n) is 3.88. The average Bonchev–Trinajstić information content (AvgIpc) is 2.65. The number of amides is 1. The Hall–Kier alpha value is -2.40. The second kappa shape index (κ2) is 8.62. The van der Waals surface area contributed by atoms with Gasteiger partial charge in [0.2, 0.25) is 0 Å². The van der Waals surface area contributed by atoms with Crippen LogP contribution in [0.1, 0.15) is 22.8 Å². The number of methoxy groups -OCH3 is 3. The molecule has 5 nitrogen and oxygen atoms in total. The Morgan fingerprint density at radius 2 is 1.72 bits per heavy atom. The average molecular weight is 364 g/mol. The van der Waals surface area contributed by atoms with Crippen molar-refractivity contribution < 1.29 is 19.0 Å². The first-order chi connectivity index (χ1) is 12.0. The van der Waals surface area contributed by atoms with E-state index in [-0.39, 0.29) is 5.91 Å². The number of hydrogen-bond donors (Lipinski definition) is 0. The molecule has 0 atom stereocenters. The van der Waals surface area contributed by atoms with E-state index >= 15 is 0 Å². The number of ether oxygens (including phenoxy) is 3. The fourth-order valence-corrected chi connectivity index (χ4v) is 2.79. The van der Waals surface area contributed by atoms with Gasteiger partial charge in [-0.1, -0.05) is 23.7 Å². The lowest BCUT2D eigenvalue weighted by atomic mass is 10.1. The molecular weight excluding hydrogens is 342 g/mol. The van der Waals surface area contributed by atoms with Crippen LogP contribution in [0, 0.1) is 0 Å². The second-order valence-corrected chi connectivity index (χ2v) is 5.77. The summed E-state index contributed by atoms with van der Waals surface area (Å²) in [5.41, 5.74) is 1.47. The summed E-state index contributed by atoms with van der Waals surface area (Å²) in [5.74, 6) is 1.50. The highest BCUT2D eigenvalue weighted by Crippen LogP contribution is 2.36. The maximum absolute atomic E-state index is 12.9. The molecule has 0 aromatic heterocycles. The van der Waals surface area contributed by atoms with Crippen molar-refractivity contribution in [3.8, 4) is 17.2 Å². The Bertz CT molecular complexity index is 731. The fraction of sp³-hybridized carbons (Fsp3) is 0.316. The molecule has 0 heterocycles. The van der Waals surface area contributed by atoms with Gasteiger partial charge in [-0.05, 0) is 36.8 Å². The van der Waals surface area contributed by atoms with Gasteiger partial charge in [-0.3, -0.25) is 4.79 Å².